The summed E-state index contributed by atoms with van der Waals surface area (Å²) in [6.45, 7) is 8.05. The van der Waals surface area contributed by atoms with E-state index in [1.165, 1.54) is 23.3 Å². The Morgan fingerprint density at radius 1 is 1.03 bits per heavy atom. The molecule has 29 heavy (non-hydrogen) atoms. The average molecular weight is 397 g/mol. The standard InChI is InChI=1S/C15H20N2O3.C9H12/c1-11(18)17-8-6-12(7-9-17)10-16-15(20)13-2-4-14(19)5-3-13;1-3-9-6-4-8(2)5-7-9/h2-5,12,19H,6-10H2,1H3,(H,16,20);4-7H,3H2,1-2H3. The molecule has 2 amide bonds. The Balaban J connectivity index is 0.000000278. The Bertz CT molecular complexity index is 777. The third-order valence-electron chi connectivity index (χ3n) is 5.27. The van der Waals surface area contributed by atoms with E-state index in [-0.39, 0.29) is 17.6 Å². The summed E-state index contributed by atoms with van der Waals surface area (Å²) in [4.78, 5) is 25.0. The lowest BCUT2D eigenvalue weighted by atomic mass is 9.96. The summed E-state index contributed by atoms with van der Waals surface area (Å²) >= 11 is 0. The highest BCUT2D eigenvalue weighted by Crippen LogP contribution is 2.16. The van der Waals surface area contributed by atoms with Crippen LogP contribution in [-0.2, 0) is 11.2 Å². The summed E-state index contributed by atoms with van der Waals surface area (Å²) in [5, 5.41) is 12.1. The Morgan fingerprint density at radius 2 is 1.62 bits per heavy atom. The van der Waals surface area contributed by atoms with E-state index < -0.39 is 0 Å². The summed E-state index contributed by atoms with van der Waals surface area (Å²) in [6.07, 6.45) is 2.99. The lowest BCUT2D eigenvalue weighted by molar-refractivity contribution is -0.130. The molecule has 0 aromatic heterocycles. The molecule has 5 heteroatoms. The largest absolute Gasteiger partial charge is 0.508 e. The minimum absolute atomic E-state index is 0.122. The van der Waals surface area contributed by atoms with Gasteiger partial charge in [0, 0.05) is 32.1 Å². The monoisotopic (exact) mass is 396 g/mol. The molecule has 0 aliphatic carbocycles. The number of nitrogens with zero attached hydrogens (tertiary/aromatic N) is 1. The molecule has 2 aromatic carbocycles. The molecule has 0 bridgehead atoms. The number of hydrogen-bond acceptors (Lipinski definition) is 3. The lowest BCUT2D eigenvalue weighted by Gasteiger charge is -2.31. The van der Waals surface area contributed by atoms with E-state index in [0.29, 0.717) is 18.0 Å². The summed E-state index contributed by atoms with van der Waals surface area (Å²) < 4.78 is 0. The van der Waals surface area contributed by atoms with Crippen LogP contribution in [0.1, 0.15) is 48.2 Å². The van der Waals surface area contributed by atoms with Gasteiger partial charge in [0.05, 0.1) is 0 Å². The zero-order valence-corrected chi connectivity index (χ0v) is 17.6. The Kier molecular flexibility index (Phi) is 8.71. The second kappa shape index (κ2) is 11.2. The first-order valence-electron chi connectivity index (χ1n) is 10.3. The average Bonchev–Trinajstić information content (AvgIpc) is 2.74. The number of aryl methyl sites for hydroxylation is 2. The molecule has 0 radical (unpaired) electrons. The van der Waals surface area contributed by atoms with E-state index in [1.807, 2.05) is 4.90 Å². The van der Waals surface area contributed by atoms with Gasteiger partial charge in [0.1, 0.15) is 5.75 Å². The van der Waals surface area contributed by atoms with Crippen LogP contribution in [0, 0.1) is 12.8 Å². The lowest BCUT2D eigenvalue weighted by Crippen LogP contribution is -2.40. The predicted octanol–water partition coefficient (Wildman–Crippen LogP) is 3.94. The van der Waals surface area contributed by atoms with E-state index in [4.69, 9.17) is 0 Å². The van der Waals surface area contributed by atoms with Crippen molar-refractivity contribution in [2.24, 2.45) is 5.92 Å². The molecule has 1 aliphatic rings. The molecule has 1 saturated heterocycles. The molecule has 0 unspecified atom stereocenters. The molecule has 1 heterocycles. The van der Waals surface area contributed by atoms with Crippen molar-refractivity contribution in [1.29, 1.82) is 0 Å². The number of carbonyl (C=O) groups excluding carboxylic acids is 2. The molecule has 0 atom stereocenters. The van der Waals surface area contributed by atoms with E-state index in [1.54, 1.807) is 19.1 Å². The van der Waals surface area contributed by atoms with Crippen molar-refractivity contribution in [2.45, 2.75) is 40.0 Å². The molecule has 0 saturated carbocycles. The molecule has 2 N–H and O–H groups in total. The van der Waals surface area contributed by atoms with Crippen molar-refractivity contribution >= 4 is 11.8 Å². The maximum absolute atomic E-state index is 11.9. The fourth-order valence-corrected chi connectivity index (χ4v) is 3.23. The summed E-state index contributed by atoms with van der Waals surface area (Å²) in [5.41, 5.74) is 3.30. The van der Waals surface area contributed by atoms with Crippen molar-refractivity contribution in [3.63, 3.8) is 0 Å². The molecule has 5 nitrogen and oxygen atoms in total. The molecule has 3 rings (SSSR count). The first-order valence-corrected chi connectivity index (χ1v) is 10.3. The first kappa shape index (κ1) is 22.5. The molecule has 2 aromatic rings. The van der Waals surface area contributed by atoms with Crippen molar-refractivity contribution < 1.29 is 14.7 Å². The molecule has 1 fully saturated rings. The minimum Gasteiger partial charge on any atom is -0.508 e. The number of carbonyl (C=O) groups is 2. The van der Waals surface area contributed by atoms with Gasteiger partial charge in [-0.15, -0.1) is 0 Å². The number of hydrogen-bond donors (Lipinski definition) is 2. The van der Waals surface area contributed by atoms with Crippen LogP contribution < -0.4 is 5.32 Å². The van der Waals surface area contributed by atoms with Crippen LogP contribution in [-0.4, -0.2) is 41.5 Å². The Hall–Kier alpha value is -2.82. The Labute approximate surface area is 173 Å². The Morgan fingerprint density at radius 3 is 2.14 bits per heavy atom. The van der Waals surface area contributed by atoms with Gasteiger partial charge >= 0.3 is 0 Å². The highest BCUT2D eigenvalue weighted by atomic mass is 16.3. The number of phenolic OH excluding ortho intramolecular Hbond substituents is 1. The van der Waals surface area contributed by atoms with Gasteiger partial charge in [-0.05, 0) is 61.9 Å². The van der Waals surface area contributed by atoms with Gasteiger partial charge in [-0.2, -0.15) is 0 Å². The minimum atomic E-state index is -0.126. The SMILES string of the molecule is CC(=O)N1CCC(CNC(=O)c2ccc(O)cc2)CC1.CCc1ccc(C)cc1. The molecule has 0 spiro atoms. The highest BCUT2D eigenvalue weighted by molar-refractivity contribution is 5.94. The maximum Gasteiger partial charge on any atom is 0.251 e. The van der Waals surface area contributed by atoms with Crippen LogP contribution in [0.4, 0.5) is 0 Å². The number of likely N-dealkylation sites (tertiary alicyclic amines) is 1. The number of benzene rings is 2. The van der Waals surface area contributed by atoms with Crippen LogP contribution in [0.3, 0.4) is 0 Å². The van der Waals surface area contributed by atoms with Crippen molar-refractivity contribution in [2.75, 3.05) is 19.6 Å². The summed E-state index contributed by atoms with van der Waals surface area (Å²) in [6, 6.07) is 14.9. The normalized spacial score (nSPS) is 14.0. The number of rotatable bonds is 4. The zero-order chi connectivity index (χ0) is 21.2. The smallest absolute Gasteiger partial charge is 0.251 e. The van der Waals surface area contributed by atoms with Gasteiger partial charge in [-0.3, -0.25) is 9.59 Å². The predicted molar refractivity (Wildman–Crippen MR) is 116 cm³/mol. The number of amides is 2. The van der Waals surface area contributed by atoms with Crippen molar-refractivity contribution in [3.8, 4) is 5.75 Å². The van der Waals surface area contributed by atoms with Gasteiger partial charge < -0.3 is 15.3 Å². The number of aromatic hydroxyl groups is 1. The number of piperidine rings is 1. The van der Waals surface area contributed by atoms with Gasteiger partial charge in [-0.1, -0.05) is 36.8 Å². The van der Waals surface area contributed by atoms with Crippen LogP contribution in [0.25, 0.3) is 0 Å². The molecular formula is C24H32N2O3. The summed E-state index contributed by atoms with van der Waals surface area (Å²) in [5.74, 6) is 0.570. The first-order chi connectivity index (χ1) is 13.9. The molecular weight excluding hydrogens is 364 g/mol. The third kappa shape index (κ3) is 7.60. The quantitative estimate of drug-likeness (QED) is 0.822. The molecule has 1 aliphatic heterocycles. The highest BCUT2D eigenvalue weighted by Gasteiger charge is 2.21. The molecule has 156 valence electrons. The zero-order valence-electron chi connectivity index (χ0n) is 17.6. The van der Waals surface area contributed by atoms with Crippen molar-refractivity contribution in [1.82, 2.24) is 10.2 Å². The van der Waals surface area contributed by atoms with Gasteiger partial charge in [-0.25, -0.2) is 0 Å². The van der Waals surface area contributed by atoms with E-state index >= 15 is 0 Å². The fourth-order valence-electron chi connectivity index (χ4n) is 3.23. The van der Waals surface area contributed by atoms with E-state index in [0.717, 1.165) is 32.4 Å². The van der Waals surface area contributed by atoms with Crippen LogP contribution in [0.5, 0.6) is 5.75 Å². The second-order valence-corrected chi connectivity index (χ2v) is 7.55. The number of nitrogens with one attached hydrogen (secondary N) is 1. The summed E-state index contributed by atoms with van der Waals surface area (Å²) in [7, 11) is 0. The van der Waals surface area contributed by atoms with Crippen LogP contribution in [0.2, 0.25) is 0 Å². The van der Waals surface area contributed by atoms with Crippen molar-refractivity contribution in [3.05, 3.63) is 65.2 Å². The topological polar surface area (TPSA) is 69.6 Å². The van der Waals surface area contributed by atoms with Gasteiger partial charge in [0.15, 0.2) is 0 Å². The third-order valence-corrected chi connectivity index (χ3v) is 5.27. The second-order valence-electron chi connectivity index (χ2n) is 7.55. The van der Waals surface area contributed by atoms with Gasteiger partial charge in [0.2, 0.25) is 5.91 Å². The fraction of sp³-hybridized carbons (Fsp3) is 0.417. The van der Waals surface area contributed by atoms with Gasteiger partial charge in [0.25, 0.3) is 5.91 Å². The van der Waals surface area contributed by atoms with E-state index in [9.17, 15) is 14.7 Å². The van der Waals surface area contributed by atoms with Crippen LogP contribution >= 0.6 is 0 Å². The number of phenols is 1. The van der Waals surface area contributed by atoms with Crippen LogP contribution in [0.15, 0.2) is 48.5 Å². The maximum atomic E-state index is 11.9. The van der Waals surface area contributed by atoms with E-state index in [2.05, 4.69) is 43.4 Å².